The van der Waals surface area contributed by atoms with E-state index in [-0.39, 0.29) is 17.2 Å². The normalized spacial score (nSPS) is 25.4. The van der Waals surface area contributed by atoms with Crippen molar-refractivity contribution in [1.29, 1.82) is 0 Å². The van der Waals surface area contributed by atoms with Gasteiger partial charge in [0.2, 0.25) is 0 Å². The highest BCUT2D eigenvalue weighted by Crippen LogP contribution is 2.25. The number of amides is 1. The molecule has 0 radical (unpaired) electrons. The number of nitrogens with zero attached hydrogens (tertiary/aromatic N) is 1. The van der Waals surface area contributed by atoms with E-state index in [4.69, 9.17) is 4.74 Å². The molecule has 0 spiro atoms. The third kappa shape index (κ3) is 4.84. The van der Waals surface area contributed by atoms with Gasteiger partial charge in [-0.3, -0.25) is 0 Å². The lowest BCUT2D eigenvalue weighted by Gasteiger charge is -2.34. The van der Waals surface area contributed by atoms with Gasteiger partial charge in [0.15, 0.2) is 0 Å². The van der Waals surface area contributed by atoms with Crippen molar-refractivity contribution in [3.05, 3.63) is 0 Å². The fourth-order valence-electron chi connectivity index (χ4n) is 2.45. The summed E-state index contributed by atoms with van der Waals surface area (Å²) in [6, 6.07) is 0. The Morgan fingerprint density at radius 2 is 1.78 bits per heavy atom. The standard InChI is InChI=1S/C14H28N2O2/c1-12(2,3)15-14(7)8-9-16(10-14)11(17)18-13(4,5)6/h15H,8-10H2,1-7H3. The van der Waals surface area contributed by atoms with E-state index in [1.807, 2.05) is 20.8 Å². The molecule has 1 aliphatic rings. The Hall–Kier alpha value is -0.770. The number of likely N-dealkylation sites (tertiary alicyclic amines) is 1. The Bertz CT molecular complexity index is 315. The van der Waals surface area contributed by atoms with E-state index in [9.17, 15) is 4.79 Å². The zero-order chi connectivity index (χ0) is 14.2. The Morgan fingerprint density at radius 1 is 1.22 bits per heavy atom. The molecule has 0 aromatic heterocycles. The number of rotatable bonds is 1. The molecule has 0 aliphatic carbocycles. The SMILES string of the molecule is CC(C)(C)NC1(C)CCN(C(=O)OC(C)(C)C)C1. The monoisotopic (exact) mass is 256 g/mol. The Morgan fingerprint density at radius 3 is 2.22 bits per heavy atom. The van der Waals surface area contributed by atoms with Crippen LogP contribution in [-0.4, -0.2) is 40.8 Å². The molecule has 18 heavy (non-hydrogen) atoms. The lowest BCUT2D eigenvalue weighted by molar-refractivity contribution is 0.0279. The third-order valence-electron chi connectivity index (χ3n) is 2.80. The lowest BCUT2D eigenvalue weighted by Crippen LogP contribution is -2.54. The largest absolute Gasteiger partial charge is 0.444 e. The Kier molecular flexibility index (Phi) is 4.01. The molecule has 1 fully saturated rings. The number of nitrogens with one attached hydrogen (secondary N) is 1. The fourth-order valence-corrected chi connectivity index (χ4v) is 2.45. The van der Waals surface area contributed by atoms with Gasteiger partial charge >= 0.3 is 6.09 Å². The topological polar surface area (TPSA) is 41.6 Å². The smallest absolute Gasteiger partial charge is 0.410 e. The molecule has 1 saturated heterocycles. The molecule has 1 atom stereocenters. The van der Waals surface area contributed by atoms with E-state index < -0.39 is 5.60 Å². The molecule has 1 rings (SSSR count). The van der Waals surface area contributed by atoms with Crippen LogP contribution in [0.5, 0.6) is 0 Å². The van der Waals surface area contributed by atoms with Crippen LogP contribution in [0, 0.1) is 0 Å². The second-order valence-corrected chi connectivity index (χ2v) is 7.59. The summed E-state index contributed by atoms with van der Waals surface area (Å²) < 4.78 is 5.40. The molecule has 1 N–H and O–H groups in total. The summed E-state index contributed by atoms with van der Waals surface area (Å²) in [5.41, 5.74) is -0.388. The Labute approximate surface area is 111 Å². The average molecular weight is 256 g/mol. The van der Waals surface area contributed by atoms with Crippen molar-refractivity contribution in [3.63, 3.8) is 0 Å². The Balaban J connectivity index is 2.58. The summed E-state index contributed by atoms with van der Waals surface area (Å²) >= 11 is 0. The summed E-state index contributed by atoms with van der Waals surface area (Å²) in [6.45, 7) is 15.8. The molecule has 0 aromatic rings. The average Bonchev–Trinajstić information content (AvgIpc) is 2.40. The minimum Gasteiger partial charge on any atom is -0.444 e. The second kappa shape index (κ2) is 4.72. The van der Waals surface area contributed by atoms with E-state index in [1.165, 1.54) is 0 Å². The zero-order valence-corrected chi connectivity index (χ0v) is 12.9. The molecule has 1 amide bonds. The molecule has 0 saturated carbocycles. The van der Waals surface area contributed by atoms with Crippen LogP contribution in [0.1, 0.15) is 54.9 Å². The molecule has 4 heteroatoms. The van der Waals surface area contributed by atoms with Crippen molar-refractivity contribution in [2.24, 2.45) is 0 Å². The highest BCUT2D eigenvalue weighted by atomic mass is 16.6. The van der Waals surface area contributed by atoms with Crippen LogP contribution in [-0.2, 0) is 4.74 Å². The van der Waals surface area contributed by atoms with Crippen molar-refractivity contribution < 1.29 is 9.53 Å². The van der Waals surface area contributed by atoms with Crippen LogP contribution < -0.4 is 5.32 Å². The van der Waals surface area contributed by atoms with Crippen molar-refractivity contribution in [2.45, 2.75) is 71.6 Å². The molecular formula is C14H28N2O2. The minimum absolute atomic E-state index is 0.0187. The molecule has 0 aromatic carbocycles. The highest BCUT2D eigenvalue weighted by Gasteiger charge is 2.39. The summed E-state index contributed by atoms with van der Waals surface area (Å²) in [7, 11) is 0. The third-order valence-corrected chi connectivity index (χ3v) is 2.80. The van der Waals surface area contributed by atoms with Crippen LogP contribution >= 0.6 is 0 Å². The van der Waals surface area contributed by atoms with Gasteiger partial charge in [-0.1, -0.05) is 0 Å². The molecule has 1 aliphatic heterocycles. The van der Waals surface area contributed by atoms with Crippen molar-refractivity contribution in [2.75, 3.05) is 13.1 Å². The van der Waals surface area contributed by atoms with Crippen LogP contribution in [0.4, 0.5) is 4.79 Å². The van der Waals surface area contributed by atoms with E-state index in [0.29, 0.717) is 6.54 Å². The molecule has 106 valence electrons. The molecular weight excluding hydrogens is 228 g/mol. The molecule has 1 unspecified atom stereocenters. The second-order valence-electron chi connectivity index (χ2n) is 7.59. The first-order chi connectivity index (χ1) is 7.90. The molecule has 1 heterocycles. The first-order valence-electron chi connectivity index (χ1n) is 6.68. The van der Waals surface area contributed by atoms with Crippen molar-refractivity contribution >= 4 is 6.09 Å². The van der Waals surface area contributed by atoms with Crippen LogP contribution in [0.25, 0.3) is 0 Å². The van der Waals surface area contributed by atoms with Gasteiger partial charge in [0.1, 0.15) is 5.60 Å². The maximum Gasteiger partial charge on any atom is 0.410 e. The summed E-state index contributed by atoms with van der Waals surface area (Å²) in [5, 5.41) is 3.59. The van der Waals surface area contributed by atoms with Gasteiger partial charge in [0.25, 0.3) is 0 Å². The van der Waals surface area contributed by atoms with Gasteiger partial charge in [-0.2, -0.15) is 0 Å². The predicted octanol–water partition coefficient (Wildman–Crippen LogP) is 2.77. The van der Waals surface area contributed by atoms with Crippen molar-refractivity contribution in [3.8, 4) is 0 Å². The van der Waals surface area contributed by atoms with Crippen LogP contribution in [0.3, 0.4) is 0 Å². The van der Waals surface area contributed by atoms with E-state index in [2.05, 4.69) is 33.0 Å². The van der Waals surface area contributed by atoms with Gasteiger partial charge in [-0.05, 0) is 54.9 Å². The van der Waals surface area contributed by atoms with Gasteiger partial charge in [-0.25, -0.2) is 4.79 Å². The predicted molar refractivity (Wildman–Crippen MR) is 73.7 cm³/mol. The van der Waals surface area contributed by atoms with E-state index in [0.717, 1.165) is 13.0 Å². The minimum atomic E-state index is -0.423. The zero-order valence-electron chi connectivity index (χ0n) is 12.9. The fraction of sp³-hybridized carbons (Fsp3) is 0.929. The summed E-state index contributed by atoms with van der Waals surface area (Å²) in [6.07, 6.45) is 0.755. The first-order valence-corrected chi connectivity index (χ1v) is 6.68. The molecule has 0 bridgehead atoms. The highest BCUT2D eigenvalue weighted by molar-refractivity contribution is 5.68. The van der Waals surface area contributed by atoms with Crippen molar-refractivity contribution in [1.82, 2.24) is 10.2 Å². The summed E-state index contributed by atoms with van der Waals surface area (Å²) in [5.74, 6) is 0. The number of hydrogen-bond acceptors (Lipinski definition) is 3. The van der Waals surface area contributed by atoms with E-state index >= 15 is 0 Å². The van der Waals surface area contributed by atoms with Gasteiger partial charge in [-0.15, -0.1) is 0 Å². The first kappa shape index (κ1) is 15.3. The quantitative estimate of drug-likeness (QED) is 0.784. The maximum absolute atomic E-state index is 12.0. The van der Waals surface area contributed by atoms with Crippen LogP contribution in [0.15, 0.2) is 0 Å². The number of hydrogen-bond donors (Lipinski definition) is 1. The molecule has 4 nitrogen and oxygen atoms in total. The van der Waals surface area contributed by atoms with E-state index in [1.54, 1.807) is 4.90 Å². The summed E-state index contributed by atoms with van der Waals surface area (Å²) in [4.78, 5) is 13.8. The number of ether oxygens (including phenoxy) is 1. The van der Waals surface area contributed by atoms with Gasteiger partial charge < -0.3 is 15.0 Å². The number of carbonyl (C=O) groups excluding carboxylic acids is 1. The van der Waals surface area contributed by atoms with Gasteiger partial charge in [0.05, 0.1) is 0 Å². The number of carbonyl (C=O) groups is 1. The lowest BCUT2D eigenvalue weighted by atomic mass is 9.96. The maximum atomic E-state index is 12.0. The van der Waals surface area contributed by atoms with Crippen LogP contribution in [0.2, 0.25) is 0 Å². The van der Waals surface area contributed by atoms with Gasteiger partial charge in [0, 0.05) is 24.2 Å².